The second kappa shape index (κ2) is 18.2. The lowest BCUT2D eigenvalue weighted by Gasteiger charge is -2.28. The summed E-state index contributed by atoms with van der Waals surface area (Å²) in [5, 5.41) is 7.77. The SMILES string of the molecule is CCC(=O)NCC(C)(C)COCC(C)(C)CC.CNC(=O)CNC(=O)CC(CC(C)C)C(=O)OC. The fourth-order valence-corrected chi connectivity index (χ4v) is 2.78. The Labute approximate surface area is 212 Å². The van der Waals surface area contributed by atoms with E-state index >= 15 is 0 Å². The van der Waals surface area contributed by atoms with Crippen molar-refractivity contribution in [1.29, 1.82) is 0 Å². The minimum Gasteiger partial charge on any atom is -0.469 e. The van der Waals surface area contributed by atoms with Crippen molar-refractivity contribution in [2.75, 3.05) is 40.5 Å². The van der Waals surface area contributed by atoms with E-state index in [-0.39, 0.29) is 41.5 Å². The second-order valence-corrected chi connectivity index (χ2v) is 10.8. The quantitative estimate of drug-likeness (QED) is 0.296. The zero-order chi connectivity index (χ0) is 27.7. The van der Waals surface area contributed by atoms with Gasteiger partial charge in [0.05, 0.1) is 32.8 Å². The van der Waals surface area contributed by atoms with Crippen molar-refractivity contribution in [3.05, 3.63) is 0 Å². The summed E-state index contributed by atoms with van der Waals surface area (Å²) in [6.45, 7) is 18.7. The maximum atomic E-state index is 11.6. The van der Waals surface area contributed by atoms with Gasteiger partial charge in [0.2, 0.25) is 17.7 Å². The fraction of sp³-hybridized carbons (Fsp3) is 0.846. The van der Waals surface area contributed by atoms with Gasteiger partial charge in [0, 0.05) is 31.8 Å². The number of hydrogen-bond donors (Lipinski definition) is 3. The number of methoxy groups -OCH3 is 1. The van der Waals surface area contributed by atoms with Crippen molar-refractivity contribution in [1.82, 2.24) is 16.0 Å². The van der Waals surface area contributed by atoms with Crippen LogP contribution in [0.3, 0.4) is 0 Å². The summed E-state index contributed by atoms with van der Waals surface area (Å²) >= 11 is 0. The van der Waals surface area contributed by atoms with E-state index in [0.717, 1.165) is 13.0 Å². The highest BCUT2D eigenvalue weighted by molar-refractivity contribution is 5.87. The Morgan fingerprint density at radius 1 is 0.857 bits per heavy atom. The summed E-state index contributed by atoms with van der Waals surface area (Å²) in [6, 6.07) is 0. The molecule has 3 N–H and O–H groups in total. The van der Waals surface area contributed by atoms with Crippen molar-refractivity contribution in [2.45, 2.75) is 81.1 Å². The second-order valence-electron chi connectivity index (χ2n) is 10.8. The van der Waals surface area contributed by atoms with Crippen LogP contribution >= 0.6 is 0 Å². The topological polar surface area (TPSA) is 123 Å². The van der Waals surface area contributed by atoms with Gasteiger partial charge in [-0.2, -0.15) is 0 Å². The van der Waals surface area contributed by atoms with Gasteiger partial charge in [0.25, 0.3) is 0 Å². The van der Waals surface area contributed by atoms with Crippen molar-refractivity contribution in [3.63, 3.8) is 0 Å². The summed E-state index contributed by atoms with van der Waals surface area (Å²) in [5.74, 6) is -1.05. The molecule has 3 amide bonds. The van der Waals surface area contributed by atoms with Crippen molar-refractivity contribution in [2.24, 2.45) is 22.7 Å². The number of hydrogen-bond acceptors (Lipinski definition) is 6. The van der Waals surface area contributed by atoms with Gasteiger partial charge in [-0.1, -0.05) is 55.4 Å². The molecule has 206 valence electrons. The Morgan fingerprint density at radius 3 is 1.89 bits per heavy atom. The smallest absolute Gasteiger partial charge is 0.309 e. The molecule has 0 rings (SSSR count). The first-order valence-electron chi connectivity index (χ1n) is 12.5. The monoisotopic (exact) mass is 501 g/mol. The molecule has 0 fully saturated rings. The van der Waals surface area contributed by atoms with Crippen LogP contribution in [0, 0.1) is 22.7 Å². The first-order valence-corrected chi connectivity index (χ1v) is 12.5. The Morgan fingerprint density at radius 2 is 1.43 bits per heavy atom. The molecule has 0 radical (unpaired) electrons. The minimum atomic E-state index is -0.459. The first kappa shape index (κ1) is 35.0. The number of carbonyl (C=O) groups excluding carboxylic acids is 4. The standard InChI is InChI=1S/C14H29NO2.C12H22N2O4/c1-7-12(16)15-9-14(5,6)11-17-10-13(3,4)8-2;1-8(2)5-9(12(17)18-4)6-10(15)14-7-11(16)13-3/h7-11H2,1-6H3,(H,15,16);8-9H,5-7H2,1-4H3,(H,13,16)(H,14,15). The summed E-state index contributed by atoms with van der Waals surface area (Å²) in [5.41, 5.74) is 0.234. The largest absolute Gasteiger partial charge is 0.469 e. The third-order valence-electron chi connectivity index (χ3n) is 5.48. The Bertz CT molecular complexity index is 647. The lowest BCUT2D eigenvalue weighted by atomic mass is 9.91. The molecule has 0 spiro atoms. The highest BCUT2D eigenvalue weighted by Crippen LogP contribution is 2.22. The molecule has 9 nitrogen and oxygen atoms in total. The van der Waals surface area contributed by atoms with E-state index in [2.05, 4.69) is 55.3 Å². The predicted molar refractivity (Wildman–Crippen MR) is 139 cm³/mol. The summed E-state index contributed by atoms with van der Waals surface area (Å²) in [6.07, 6.45) is 2.28. The number of ether oxygens (including phenoxy) is 2. The molecule has 0 heterocycles. The van der Waals surface area contributed by atoms with E-state index in [1.807, 2.05) is 20.8 Å². The van der Waals surface area contributed by atoms with Gasteiger partial charge >= 0.3 is 5.97 Å². The van der Waals surface area contributed by atoms with Crippen LogP contribution in [0.5, 0.6) is 0 Å². The van der Waals surface area contributed by atoms with Crippen LogP contribution in [-0.2, 0) is 28.7 Å². The number of rotatable bonds is 15. The molecular formula is C26H51N3O6. The van der Waals surface area contributed by atoms with Gasteiger partial charge in [-0.05, 0) is 24.2 Å². The molecule has 0 aliphatic heterocycles. The highest BCUT2D eigenvalue weighted by Gasteiger charge is 2.24. The van der Waals surface area contributed by atoms with E-state index in [1.54, 1.807) is 0 Å². The van der Waals surface area contributed by atoms with Crippen LogP contribution in [-0.4, -0.2) is 64.2 Å². The average molecular weight is 502 g/mol. The number of likely N-dealkylation sites (N-methyl/N-ethyl adjacent to an activating group) is 1. The summed E-state index contributed by atoms with van der Waals surface area (Å²) in [7, 11) is 2.79. The van der Waals surface area contributed by atoms with E-state index in [4.69, 9.17) is 4.74 Å². The van der Waals surface area contributed by atoms with Crippen LogP contribution < -0.4 is 16.0 Å². The molecule has 1 unspecified atom stereocenters. The first-order chi connectivity index (χ1) is 16.1. The lowest BCUT2D eigenvalue weighted by Crippen LogP contribution is -2.37. The molecule has 0 bridgehead atoms. The van der Waals surface area contributed by atoms with Crippen LogP contribution in [0.4, 0.5) is 0 Å². The molecule has 1 atom stereocenters. The van der Waals surface area contributed by atoms with Gasteiger partial charge in [-0.25, -0.2) is 0 Å². The zero-order valence-corrected chi connectivity index (χ0v) is 23.8. The molecule has 9 heteroatoms. The van der Waals surface area contributed by atoms with Crippen molar-refractivity contribution in [3.8, 4) is 0 Å². The normalized spacial score (nSPS) is 12.2. The highest BCUT2D eigenvalue weighted by atomic mass is 16.5. The molecule has 0 aromatic heterocycles. The molecule has 0 saturated carbocycles. The van der Waals surface area contributed by atoms with Gasteiger partial charge < -0.3 is 25.4 Å². The Hall–Kier alpha value is -2.16. The lowest BCUT2D eigenvalue weighted by molar-refractivity contribution is -0.148. The average Bonchev–Trinajstić information content (AvgIpc) is 2.79. The van der Waals surface area contributed by atoms with Crippen LogP contribution in [0.2, 0.25) is 0 Å². The molecule has 0 aromatic carbocycles. The number of nitrogens with one attached hydrogen (secondary N) is 3. The van der Waals surface area contributed by atoms with Gasteiger partial charge in [0.1, 0.15) is 0 Å². The number of esters is 1. The molecule has 35 heavy (non-hydrogen) atoms. The van der Waals surface area contributed by atoms with Crippen LogP contribution in [0.25, 0.3) is 0 Å². The van der Waals surface area contributed by atoms with E-state index < -0.39 is 11.9 Å². The third kappa shape index (κ3) is 19.8. The molecule has 0 aliphatic rings. The summed E-state index contributed by atoms with van der Waals surface area (Å²) in [4.78, 5) is 45.2. The minimum absolute atomic E-state index is 0.00531. The van der Waals surface area contributed by atoms with E-state index in [1.165, 1.54) is 14.2 Å². The Balaban J connectivity index is 0. The zero-order valence-electron chi connectivity index (χ0n) is 23.8. The van der Waals surface area contributed by atoms with Crippen molar-refractivity contribution >= 4 is 23.7 Å². The number of amides is 3. The summed E-state index contributed by atoms with van der Waals surface area (Å²) < 4.78 is 10.4. The Kier molecular flexibility index (Phi) is 18.2. The molecule has 0 aliphatic carbocycles. The van der Waals surface area contributed by atoms with E-state index in [9.17, 15) is 19.2 Å². The van der Waals surface area contributed by atoms with Crippen molar-refractivity contribution < 1.29 is 28.7 Å². The van der Waals surface area contributed by atoms with Crippen LogP contribution in [0.1, 0.15) is 81.1 Å². The molecular weight excluding hydrogens is 450 g/mol. The molecule has 0 saturated heterocycles. The van der Waals surface area contributed by atoms with E-state index in [0.29, 0.717) is 31.9 Å². The predicted octanol–water partition coefficient (Wildman–Crippen LogP) is 3.07. The molecule has 0 aromatic rings. The van der Waals surface area contributed by atoms with Gasteiger partial charge in [-0.15, -0.1) is 0 Å². The van der Waals surface area contributed by atoms with Gasteiger partial charge in [0.15, 0.2) is 0 Å². The number of carbonyl (C=O) groups is 4. The van der Waals surface area contributed by atoms with Gasteiger partial charge in [-0.3, -0.25) is 19.2 Å². The maximum absolute atomic E-state index is 11.6. The van der Waals surface area contributed by atoms with Crippen LogP contribution in [0.15, 0.2) is 0 Å². The fourth-order valence-electron chi connectivity index (χ4n) is 2.78. The maximum Gasteiger partial charge on any atom is 0.309 e. The third-order valence-corrected chi connectivity index (χ3v) is 5.48.